The molecule has 1 unspecified atom stereocenters. The Bertz CT molecular complexity index is 543. The Morgan fingerprint density at radius 3 is 3.00 bits per heavy atom. The van der Waals surface area contributed by atoms with E-state index < -0.39 is 0 Å². The van der Waals surface area contributed by atoms with Gasteiger partial charge in [0.25, 0.3) is 0 Å². The lowest BCUT2D eigenvalue weighted by Gasteiger charge is -2.43. The SMILES string of the molecule is CC1CNC(C)(C)CN1Cc1nc2ccccc2s1. The summed E-state index contributed by atoms with van der Waals surface area (Å²) in [7, 11) is 0. The molecule has 0 aliphatic carbocycles. The van der Waals surface area contributed by atoms with Gasteiger partial charge in [0.05, 0.1) is 16.8 Å². The summed E-state index contributed by atoms with van der Waals surface area (Å²) in [5, 5.41) is 4.82. The second-order valence-corrected chi connectivity index (χ2v) is 7.21. The highest BCUT2D eigenvalue weighted by Crippen LogP contribution is 2.24. The van der Waals surface area contributed by atoms with Crippen LogP contribution >= 0.6 is 11.3 Å². The molecule has 1 aromatic heterocycles. The molecule has 1 N–H and O–H groups in total. The molecule has 0 spiro atoms. The first kappa shape index (κ1) is 13.0. The van der Waals surface area contributed by atoms with Crippen LogP contribution in [0.4, 0.5) is 0 Å². The summed E-state index contributed by atoms with van der Waals surface area (Å²) >= 11 is 1.82. The van der Waals surface area contributed by atoms with E-state index in [1.165, 1.54) is 9.71 Å². The first-order valence-corrected chi connectivity index (χ1v) is 7.69. The Morgan fingerprint density at radius 1 is 1.42 bits per heavy atom. The molecule has 0 radical (unpaired) electrons. The average molecular weight is 275 g/mol. The van der Waals surface area contributed by atoms with E-state index in [2.05, 4.69) is 55.3 Å². The van der Waals surface area contributed by atoms with Gasteiger partial charge in [0.15, 0.2) is 0 Å². The topological polar surface area (TPSA) is 28.2 Å². The Morgan fingerprint density at radius 2 is 2.21 bits per heavy atom. The highest BCUT2D eigenvalue weighted by Gasteiger charge is 2.30. The van der Waals surface area contributed by atoms with Gasteiger partial charge in [-0.3, -0.25) is 4.90 Å². The lowest BCUT2D eigenvalue weighted by Crippen LogP contribution is -2.60. The van der Waals surface area contributed by atoms with Crippen LogP contribution in [0.2, 0.25) is 0 Å². The molecule has 2 aromatic rings. The monoisotopic (exact) mass is 275 g/mol. The molecule has 3 rings (SSSR count). The summed E-state index contributed by atoms with van der Waals surface area (Å²) < 4.78 is 1.29. The van der Waals surface area contributed by atoms with Crippen molar-refractivity contribution in [3.8, 4) is 0 Å². The van der Waals surface area contributed by atoms with Crippen LogP contribution in [-0.2, 0) is 6.54 Å². The van der Waals surface area contributed by atoms with E-state index in [9.17, 15) is 0 Å². The van der Waals surface area contributed by atoms with Crippen LogP contribution in [0.5, 0.6) is 0 Å². The number of nitrogens with zero attached hydrogens (tertiary/aromatic N) is 2. The Kier molecular flexibility index (Phi) is 3.33. The lowest BCUT2D eigenvalue weighted by atomic mass is 9.99. The minimum atomic E-state index is 0.198. The van der Waals surface area contributed by atoms with Crippen LogP contribution in [0, 0.1) is 0 Å². The van der Waals surface area contributed by atoms with Crippen molar-refractivity contribution in [2.75, 3.05) is 13.1 Å². The molecule has 0 saturated carbocycles. The summed E-state index contributed by atoms with van der Waals surface area (Å²) in [5.74, 6) is 0. The smallest absolute Gasteiger partial charge is 0.108 e. The molecule has 1 aliphatic rings. The van der Waals surface area contributed by atoms with Crippen molar-refractivity contribution < 1.29 is 0 Å². The van der Waals surface area contributed by atoms with E-state index in [1.807, 2.05) is 11.3 Å². The highest BCUT2D eigenvalue weighted by molar-refractivity contribution is 7.18. The molecule has 2 heterocycles. The maximum absolute atomic E-state index is 4.75. The third-order valence-corrected chi connectivity index (χ3v) is 4.80. The first-order chi connectivity index (χ1) is 9.03. The summed E-state index contributed by atoms with van der Waals surface area (Å²) in [4.78, 5) is 7.28. The van der Waals surface area contributed by atoms with Crippen molar-refractivity contribution in [1.29, 1.82) is 0 Å². The van der Waals surface area contributed by atoms with Crippen LogP contribution in [0.15, 0.2) is 24.3 Å². The molecule has 1 fully saturated rings. The van der Waals surface area contributed by atoms with E-state index >= 15 is 0 Å². The van der Waals surface area contributed by atoms with Gasteiger partial charge < -0.3 is 5.32 Å². The summed E-state index contributed by atoms with van der Waals surface area (Å²) in [6.07, 6.45) is 0. The quantitative estimate of drug-likeness (QED) is 0.913. The fraction of sp³-hybridized carbons (Fsp3) is 0.533. The number of rotatable bonds is 2. The molecule has 1 aromatic carbocycles. The zero-order valence-corrected chi connectivity index (χ0v) is 12.6. The predicted octanol–water partition coefficient (Wildman–Crippen LogP) is 2.87. The van der Waals surface area contributed by atoms with Crippen molar-refractivity contribution in [3.05, 3.63) is 29.3 Å². The molecule has 19 heavy (non-hydrogen) atoms. The van der Waals surface area contributed by atoms with Gasteiger partial charge in [-0.1, -0.05) is 12.1 Å². The number of piperazine rings is 1. The zero-order valence-electron chi connectivity index (χ0n) is 11.8. The average Bonchev–Trinajstić information content (AvgIpc) is 2.76. The second-order valence-electron chi connectivity index (χ2n) is 6.09. The number of hydrogen-bond acceptors (Lipinski definition) is 4. The third kappa shape index (κ3) is 2.81. The second kappa shape index (κ2) is 4.85. The van der Waals surface area contributed by atoms with Crippen LogP contribution in [0.3, 0.4) is 0 Å². The van der Waals surface area contributed by atoms with Crippen LogP contribution in [-0.4, -0.2) is 34.6 Å². The number of aromatic nitrogens is 1. The van der Waals surface area contributed by atoms with Crippen molar-refractivity contribution in [2.45, 2.75) is 38.9 Å². The molecular formula is C15H21N3S. The van der Waals surface area contributed by atoms with Gasteiger partial charge in [-0.25, -0.2) is 4.98 Å². The van der Waals surface area contributed by atoms with Gasteiger partial charge in [-0.05, 0) is 32.9 Å². The molecule has 1 aliphatic heterocycles. The van der Waals surface area contributed by atoms with E-state index in [1.54, 1.807) is 0 Å². The predicted molar refractivity (Wildman–Crippen MR) is 81.6 cm³/mol. The zero-order chi connectivity index (χ0) is 13.5. The maximum atomic E-state index is 4.75. The molecule has 4 heteroatoms. The van der Waals surface area contributed by atoms with E-state index in [-0.39, 0.29) is 5.54 Å². The van der Waals surface area contributed by atoms with Crippen LogP contribution < -0.4 is 5.32 Å². The number of hydrogen-bond donors (Lipinski definition) is 1. The number of thiazole rings is 1. The Labute approximate surface area is 118 Å². The van der Waals surface area contributed by atoms with Gasteiger partial charge >= 0.3 is 0 Å². The molecule has 1 atom stereocenters. The molecule has 3 nitrogen and oxygen atoms in total. The highest BCUT2D eigenvalue weighted by atomic mass is 32.1. The van der Waals surface area contributed by atoms with Crippen molar-refractivity contribution in [3.63, 3.8) is 0 Å². The van der Waals surface area contributed by atoms with Crippen molar-refractivity contribution in [2.24, 2.45) is 0 Å². The Hall–Kier alpha value is -0.970. The summed E-state index contributed by atoms with van der Waals surface area (Å²) in [5.41, 5.74) is 1.33. The van der Waals surface area contributed by atoms with Gasteiger partial charge in [-0.2, -0.15) is 0 Å². The van der Waals surface area contributed by atoms with Gasteiger partial charge in [-0.15, -0.1) is 11.3 Å². The molecule has 102 valence electrons. The maximum Gasteiger partial charge on any atom is 0.108 e. The molecule has 1 saturated heterocycles. The number of fused-ring (bicyclic) bond motifs is 1. The summed E-state index contributed by atoms with van der Waals surface area (Å²) in [6.45, 7) is 9.91. The molecule has 0 amide bonds. The van der Waals surface area contributed by atoms with Gasteiger partial charge in [0.1, 0.15) is 5.01 Å². The largest absolute Gasteiger partial charge is 0.309 e. The lowest BCUT2D eigenvalue weighted by molar-refractivity contribution is 0.0977. The number of benzene rings is 1. The number of para-hydroxylation sites is 1. The fourth-order valence-corrected chi connectivity index (χ4v) is 3.64. The van der Waals surface area contributed by atoms with E-state index in [0.29, 0.717) is 6.04 Å². The van der Waals surface area contributed by atoms with Gasteiger partial charge in [0.2, 0.25) is 0 Å². The summed E-state index contributed by atoms with van der Waals surface area (Å²) in [6, 6.07) is 8.96. The van der Waals surface area contributed by atoms with Gasteiger partial charge in [0, 0.05) is 24.7 Å². The van der Waals surface area contributed by atoms with Crippen LogP contribution in [0.1, 0.15) is 25.8 Å². The van der Waals surface area contributed by atoms with Crippen LogP contribution in [0.25, 0.3) is 10.2 Å². The normalized spacial score (nSPS) is 23.8. The molecule has 0 bridgehead atoms. The number of nitrogens with one attached hydrogen (secondary N) is 1. The first-order valence-electron chi connectivity index (χ1n) is 6.87. The standard InChI is InChI=1S/C15H21N3S/c1-11-8-16-15(2,3)10-18(11)9-14-17-12-6-4-5-7-13(12)19-14/h4-7,11,16H,8-10H2,1-3H3. The molecular weight excluding hydrogens is 254 g/mol. The van der Waals surface area contributed by atoms with E-state index in [0.717, 1.165) is 25.2 Å². The third-order valence-electron chi connectivity index (χ3n) is 3.77. The fourth-order valence-electron chi connectivity index (χ4n) is 2.65. The van der Waals surface area contributed by atoms with Crippen molar-refractivity contribution in [1.82, 2.24) is 15.2 Å². The van der Waals surface area contributed by atoms with Crippen molar-refractivity contribution >= 4 is 21.6 Å². The minimum Gasteiger partial charge on any atom is -0.309 e. The van der Waals surface area contributed by atoms with E-state index in [4.69, 9.17) is 4.98 Å². The minimum absolute atomic E-state index is 0.198. The Balaban J connectivity index is 1.79.